The second-order valence-electron chi connectivity index (χ2n) is 5.86. The van der Waals surface area contributed by atoms with Crippen molar-refractivity contribution in [1.82, 2.24) is 10.2 Å². The average molecular weight is 260 g/mol. The summed E-state index contributed by atoms with van der Waals surface area (Å²) in [4.78, 5) is 2.50. The van der Waals surface area contributed by atoms with Gasteiger partial charge in [0.05, 0.1) is 0 Å². The number of likely N-dealkylation sites (tertiary alicyclic amines) is 1. The molecular formula is C17H28N2. The van der Waals surface area contributed by atoms with Crippen molar-refractivity contribution in [2.24, 2.45) is 0 Å². The van der Waals surface area contributed by atoms with Crippen LogP contribution in [0.25, 0.3) is 0 Å². The minimum absolute atomic E-state index is 0.446. The minimum Gasteiger partial charge on any atom is -0.309 e. The van der Waals surface area contributed by atoms with Crippen molar-refractivity contribution >= 4 is 0 Å². The SMILES string of the molecule is CCc1ccc(C(C)NCC2CCCCN2C)cc1. The highest BCUT2D eigenvalue weighted by Gasteiger charge is 2.19. The van der Waals surface area contributed by atoms with Crippen LogP contribution in [0, 0.1) is 0 Å². The van der Waals surface area contributed by atoms with Gasteiger partial charge in [-0.15, -0.1) is 0 Å². The van der Waals surface area contributed by atoms with E-state index in [0.717, 1.165) is 13.0 Å². The first kappa shape index (κ1) is 14.5. The van der Waals surface area contributed by atoms with Gasteiger partial charge in [0.25, 0.3) is 0 Å². The Morgan fingerprint density at radius 2 is 2.00 bits per heavy atom. The molecule has 0 radical (unpaired) electrons. The molecule has 1 saturated heterocycles. The molecule has 0 saturated carbocycles. The Kier molecular flexibility index (Phi) is 5.41. The van der Waals surface area contributed by atoms with Crippen molar-refractivity contribution in [3.05, 3.63) is 35.4 Å². The summed E-state index contributed by atoms with van der Waals surface area (Å²) in [5.74, 6) is 0. The molecule has 1 aromatic carbocycles. The molecule has 0 bridgehead atoms. The third-order valence-electron chi connectivity index (χ3n) is 4.47. The normalized spacial score (nSPS) is 22.4. The van der Waals surface area contributed by atoms with Gasteiger partial charge in [-0.1, -0.05) is 37.6 Å². The lowest BCUT2D eigenvalue weighted by Crippen LogP contribution is -2.43. The van der Waals surface area contributed by atoms with Gasteiger partial charge in [0.15, 0.2) is 0 Å². The zero-order valence-corrected chi connectivity index (χ0v) is 12.7. The monoisotopic (exact) mass is 260 g/mol. The Morgan fingerprint density at radius 1 is 1.26 bits per heavy atom. The molecular weight excluding hydrogens is 232 g/mol. The first-order valence-corrected chi connectivity index (χ1v) is 7.73. The van der Waals surface area contributed by atoms with Gasteiger partial charge in [-0.25, -0.2) is 0 Å². The molecule has 106 valence electrons. The van der Waals surface area contributed by atoms with Crippen LogP contribution in [0.4, 0.5) is 0 Å². The molecule has 1 aliphatic heterocycles. The van der Waals surface area contributed by atoms with Crippen LogP contribution in [0.5, 0.6) is 0 Å². The second-order valence-corrected chi connectivity index (χ2v) is 5.86. The molecule has 1 aliphatic rings. The third-order valence-corrected chi connectivity index (χ3v) is 4.47. The maximum absolute atomic E-state index is 3.69. The fraction of sp³-hybridized carbons (Fsp3) is 0.647. The molecule has 19 heavy (non-hydrogen) atoms. The summed E-state index contributed by atoms with van der Waals surface area (Å²) in [6.45, 7) is 6.83. The molecule has 0 aliphatic carbocycles. The zero-order chi connectivity index (χ0) is 13.7. The van der Waals surface area contributed by atoms with Crippen LogP contribution >= 0.6 is 0 Å². The van der Waals surface area contributed by atoms with E-state index in [2.05, 4.69) is 55.4 Å². The van der Waals surface area contributed by atoms with E-state index in [9.17, 15) is 0 Å². The van der Waals surface area contributed by atoms with Crippen molar-refractivity contribution in [1.29, 1.82) is 0 Å². The average Bonchev–Trinajstić information content (AvgIpc) is 2.46. The molecule has 1 N–H and O–H groups in total. The van der Waals surface area contributed by atoms with E-state index < -0.39 is 0 Å². The second kappa shape index (κ2) is 7.06. The van der Waals surface area contributed by atoms with Crippen LogP contribution < -0.4 is 5.32 Å². The zero-order valence-electron chi connectivity index (χ0n) is 12.7. The van der Waals surface area contributed by atoms with Crippen LogP contribution in [0.3, 0.4) is 0 Å². The van der Waals surface area contributed by atoms with Crippen LogP contribution in [0.15, 0.2) is 24.3 Å². The molecule has 1 fully saturated rings. The van der Waals surface area contributed by atoms with Crippen LogP contribution in [-0.2, 0) is 6.42 Å². The summed E-state index contributed by atoms with van der Waals surface area (Å²) in [5, 5.41) is 3.69. The number of aryl methyl sites for hydroxylation is 1. The summed E-state index contributed by atoms with van der Waals surface area (Å²) in [5.41, 5.74) is 2.82. The lowest BCUT2D eigenvalue weighted by Gasteiger charge is -2.33. The van der Waals surface area contributed by atoms with E-state index in [1.807, 2.05) is 0 Å². The predicted octanol–water partition coefficient (Wildman–Crippen LogP) is 3.38. The standard InChI is InChI=1S/C17H28N2/c1-4-15-8-10-16(11-9-15)14(2)18-13-17-7-5-6-12-19(17)3/h8-11,14,17-18H,4-7,12-13H2,1-3H3. The molecule has 2 rings (SSSR count). The topological polar surface area (TPSA) is 15.3 Å². The minimum atomic E-state index is 0.446. The Balaban J connectivity index is 1.84. The third kappa shape index (κ3) is 4.05. The molecule has 0 aromatic heterocycles. The van der Waals surface area contributed by atoms with Gasteiger partial charge in [-0.2, -0.15) is 0 Å². The van der Waals surface area contributed by atoms with Crippen molar-refractivity contribution in [3.8, 4) is 0 Å². The van der Waals surface area contributed by atoms with E-state index in [4.69, 9.17) is 0 Å². The van der Waals surface area contributed by atoms with Crippen LogP contribution in [0.1, 0.15) is 50.3 Å². The van der Waals surface area contributed by atoms with Crippen molar-refractivity contribution in [2.45, 2.75) is 51.6 Å². The summed E-state index contributed by atoms with van der Waals surface area (Å²) >= 11 is 0. The number of benzene rings is 1. The van der Waals surface area contributed by atoms with Gasteiger partial charge in [-0.3, -0.25) is 0 Å². The molecule has 0 amide bonds. The predicted molar refractivity (Wildman–Crippen MR) is 82.5 cm³/mol. The Labute approximate surface area is 118 Å². The summed E-state index contributed by atoms with van der Waals surface area (Å²) in [7, 11) is 2.26. The summed E-state index contributed by atoms with van der Waals surface area (Å²) in [6, 6.07) is 10.2. The number of likely N-dealkylation sites (N-methyl/N-ethyl adjacent to an activating group) is 1. The Bertz CT molecular complexity index is 371. The lowest BCUT2D eigenvalue weighted by molar-refractivity contribution is 0.178. The maximum Gasteiger partial charge on any atom is 0.0292 e. The van der Waals surface area contributed by atoms with E-state index in [1.165, 1.54) is 36.9 Å². The van der Waals surface area contributed by atoms with Gasteiger partial charge in [0, 0.05) is 18.6 Å². The number of hydrogen-bond acceptors (Lipinski definition) is 2. The fourth-order valence-electron chi connectivity index (χ4n) is 2.87. The highest BCUT2D eigenvalue weighted by Crippen LogP contribution is 2.17. The van der Waals surface area contributed by atoms with E-state index in [1.54, 1.807) is 0 Å². The smallest absolute Gasteiger partial charge is 0.0292 e. The molecule has 2 unspecified atom stereocenters. The number of nitrogens with zero attached hydrogens (tertiary/aromatic N) is 1. The first-order chi connectivity index (χ1) is 9.20. The first-order valence-electron chi connectivity index (χ1n) is 7.73. The Hall–Kier alpha value is -0.860. The van der Waals surface area contributed by atoms with Crippen molar-refractivity contribution in [3.63, 3.8) is 0 Å². The number of nitrogens with one attached hydrogen (secondary N) is 1. The quantitative estimate of drug-likeness (QED) is 0.873. The van der Waals surface area contributed by atoms with E-state index in [-0.39, 0.29) is 0 Å². The highest BCUT2D eigenvalue weighted by atomic mass is 15.2. The molecule has 2 atom stereocenters. The van der Waals surface area contributed by atoms with Gasteiger partial charge in [-0.05, 0) is 50.9 Å². The van der Waals surface area contributed by atoms with E-state index in [0.29, 0.717) is 12.1 Å². The molecule has 0 spiro atoms. The number of rotatable bonds is 5. The Morgan fingerprint density at radius 3 is 2.63 bits per heavy atom. The van der Waals surface area contributed by atoms with Crippen LogP contribution in [-0.4, -0.2) is 31.1 Å². The van der Waals surface area contributed by atoms with Gasteiger partial charge in [0.1, 0.15) is 0 Å². The van der Waals surface area contributed by atoms with Gasteiger partial charge >= 0.3 is 0 Å². The fourth-order valence-corrected chi connectivity index (χ4v) is 2.87. The van der Waals surface area contributed by atoms with Gasteiger partial charge < -0.3 is 10.2 Å². The van der Waals surface area contributed by atoms with Crippen molar-refractivity contribution in [2.75, 3.05) is 20.1 Å². The number of piperidine rings is 1. The summed E-state index contributed by atoms with van der Waals surface area (Å²) < 4.78 is 0. The van der Waals surface area contributed by atoms with Gasteiger partial charge in [0.2, 0.25) is 0 Å². The molecule has 2 heteroatoms. The molecule has 1 aromatic rings. The largest absolute Gasteiger partial charge is 0.309 e. The van der Waals surface area contributed by atoms with Crippen molar-refractivity contribution < 1.29 is 0 Å². The maximum atomic E-state index is 3.69. The molecule has 1 heterocycles. The molecule has 2 nitrogen and oxygen atoms in total. The van der Waals surface area contributed by atoms with Crippen LogP contribution in [0.2, 0.25) is 0 Å². The number of hydrogen-bond donors (Lipinski definition) is 1. The lowest BCUT2D eigenvalue weighted by atomic mass is 10.0. The highest BCUT2D eigenvalue weighted by molar-refractivity contribution is 5.24. The van der Waals surface area contributed by atoms with E-state index >= 15 is 0 Å². The summed E-state index contributed by atoms with van der Waals surface area (Å²) in [6.07, 6.45) is 5.21.